The normalized spacial score (nSPS) is 8.82. The van der Waals surface area contributed by atoms with Crippen molar-refractivity contribution < 1.29 is 0 Å². The van der Waals surface area contributed by atoms with E-state index in [1.165, 1.54) is 11.1 Å². The number of hydrogen-bond donors (Lipinski definition) is 0. The van der Waals surface area contributed by atoms with Gasteiger partial charge in [-0.05, 0) is 53.1 Å². The van der Waals surface area contributed by atoms with E-state index in [1.54, 1.807) is 0 Å². The van der Waals surface area contributed by atoms with Gasteiger partial charge in [-0.3, -0.25) is 9.97 Å². The van der Waals surface area contributed by atoms with Gasteiger partial charge in [-0.25, -0.2) is 0 Å². The van der Waals surface area contributed by atoms with E-state index < -0.39 is 0 Å². The van der Waals surface area contributed by atoms with Gasteiger partial charge in [0.25, 0.3) is 0 Å². The lowest BCUT2D eigenvalue weighted by Gasteiger charge is -2.01. The molecule has 0 atom stereocenters. The summed E-state index contributed by atoms with van der Waals surface area (Å²) in [4.78, 5) is 8.11. The van der Waals surface area contributed by atoms with Crippen LogP contribution in [0.5, 0.6) is 0 Å². The second kappa shape index (κ2) is 25.8. The highest BCUT2D eigenvalue weighted by atomic mass is 14.7. The molecule has 0 fully saturated rings. The molecule has 0 spiro atoms. The Bertz CT molecular complexity index is 602. The van der Waals surface area contributed by atoms with Crippen molar-refractivity contribution in [1.29, 1.82) is 0 Å². The molecule has 0 aliphatic rings. The molecule has 2 nitrogen and oxygen atoms in total. The molecule has 0 N–H and O–H groups in total. The second-order valence-electron chi connectivity index (χ2n) is 7.41. The molecule has 0 bridgehead atoms. The van der Waals surface area contributed by atoms with Crippen LogP contribution in [-0.2, 0) is 0 Å². The fourth-order valence-corrected chi connectivity index (χ4v) is 2.30. The summed E-state index contributed by atoms with van der Waals surface area (Å²) in [5.74, 6) is 1.82. The van der Waals surface area contributed by atoms with Gasteiger partial charge in [0.15, 0.2) is 0 Å². The van der Waals surface area contributed by atoms with Gasteiger partial charge in [-0.1, -0.05) is 119 Å². The molecule has 0 amide bonds. The van der Waals surface area contributed by atoms with Gasteiger partial charge >= 0.3 is 0 Å². The summed E-state index contributed by atoms with van der Waals surface area (Å²) in [7, 11) is 0. The third-order valence-corrected chi connectivity index (χ3v) is 4.12. The van der Waals surface area contributed by atoms with E-state index in [0.29, 0.717) is 17.8 Å². The molecule has 2 heterocycles. The first kappa shape index (κ1) is 35.1. The zero-order valence-electron chi connectivity index (χ0n) is 23.6. The highest BCUT2D eigenvalue weighted by Crippen LogP contribution is 2.12. The summed E-state index contributed by atoms with van der Waals surface area (Å²) in [6.45, 7) is 25.0. The largest absolute Gasteiger partial charge is 0.265 e. The van der Waals surface area contributed by atoms with E-state index in [1.807, 2.05) is 96.5 Å². The van der Waals surface area contributed by atoms with Crippen LogP contribution in [0.3, 0.4) is 0 Å². The van der Waals surface area contributed by atoms with E-state index in [0.717, 1.165) is 5.69 Å². The number of nitrogens with zero attached hydrogens (tertiary/aromatic N) is 2. The Hall–Kier alpha value is -2.48. The van der Waals surface area contributed by atoms with Crippen molar-refractivity contribution >= 4 is 0 Å². The molecule has 0 saturated carbocycles. The minimum Gasteiger partial charge on any atom is -0.265 e. The van der Waals surface area contributed by atoms with Crippen molar-refractivity contribution in [2.24, 2.45) is 0 Å². The molecule has 186 valence electrons. The van der Waals surface area contributed by atoms with Crippen LogP contribution in [0.15, 0.2) is 79.3 Å². The molecule has 2 heteroatoms. The number of pyridine rings is 2. The molecular weight excluding hydrogens is 400 g/mol. The Kier molecular flexibility index (Phi) is 27.4. The van der Waals surface area contributed by atoms with E-state index in [4.69, 9.17) is 0 Å². The number of hydrogen-bond acceptors (Lipinski definition) is 2. The number of aromatic nitrogens is 2. The summed E-state index contributed by atoms with van der Waals surface area (Å²) in [5, 5.41) is 0. The standard InChI is InChI=1S/C9H12.2C8H11N.3C2H6/c1-8(2)9-6-4-3-5-7-9;1-7(2)8-3-5-9-6-4-8;1-7(2)8-5-3-4-6-9-8;3*1-2/h3-8H,1-2H3;2*3-7H,1-2H3;3*1-2H3. The van der Waals surface area contributed by atoms with Crippen LogP contribution >= 0.6 is 0 Å². The molecule has 33 heavy (non-hydrogen) atoms. The molecule has 3 rings (SSSR count). The van der Waals surface area contributed by atoms with Crippen LogP contribution in [-0.4, -0.2) is 9.97 Å². The monoisotopic (exact) mass is 452 g/mol. The quantitative estimate of drug-likeness (QED) is 0.395. The van der Waals surface area contributed by atoms with Crippen LogP contribution in [0.2, 0.25) is 0 Å². The maximum Gasteiger partial charge on any atom is 0.0428 e. The van der Waals surface area contributed by atoms with Gasteiger partial charge in [0.05, 0.1) is 0 Å². The Balaban J connectivity index is -0.000000367. The van der Waals surface area contributed by atoms with Crippen molar-refractivity contribution in [3.05, 3.63) is 96.1 Å². The van der Waals surface area contributed by atoms with E-state index >= 15 is 0 Å². The topological polar surface area (TPSA) is 25.8 Å². The fourth-order valence-electron chi connectivity index (χ4n) is 2.30. The third-order valence-electron chi connectivity index (χ3n) is 4.12. The highest BCUT2D eigenvalue weighted by molar-refractivity contribution is 5.17. The molecule has 0 unspecified atom stereocenters. The average Bonchev–Trinajstić information content (AvgIpc) is 2.90. The first-order valence-corrected chi connectivity index (χ1v) is 12.8. The maximum atomic E-state index is 4.18. The van der Waals surface area contributed by atoms with Gasteiger partial charge < -0.3 is 0 Å². The molecule has 2 aromatic heterocycles. The zero-order valence-corrected chi connectivity index (χ0v) is 23.6. The summed E-state index contributed by atoms with van der Waals surface area (Å²) in [6.07, 6.45) is 5.49. The summed E-state index contributed by atoms with van der Waals surface area (Å²) >= 11 is 0. The molecule has 1 aromatic carbocycles. The SMILES string of the molecule is CC.CC.CC.CC(C)c1ccccc1.CC(C)c1ccccn1.CC(C)c1ccncc1. The highest BCUT2D eigenvalue weighted by Gasteiger charge is 1.96. The Morgan fingerprint density at radius 1 is 0.455 bits per heavy atom. The van der Waals surface area contributed by atoms with Gasteiger partial charge in [0.1, 0.15) is 0 Å². The zero-order chi connectivity index (χ0) is 26.1. The molecule has 0 saturated heterocycles. The van der Waals surface area contributed by atoms with Crippen LogP contribution in [0.25, 0.3) is 0 Å². The lowest BCUT2D eigenvalue weighted by atomic mass is 10.0. The van der Waals surface area contributed by atoms with Crippen molar-refractivity contribution in [2.45, 2.75) is 101 Å². The minimum absolute atomic E-state index is 0.547. The summed E-state index contributed by atoms with van der Waals surface area (Å²) in [5.41, 5.74) is 3.93. The maximum absolute atomic E-state index is 4.18. The predicted octanol–water partition coefficient (Wildman–Crippen LogP) is 10.3. The van der Waals surface area contributed by atoms with E-state index in [-0.39, 0.29) is 0 Å². The average molecular weight is 453 g/mol. The first-order valence-electron chi connectivity index (χ1n) is 12.8. The molecule has 3 aromatic rings. The number of rotatable bonds is 3. The lowest BCUT2D eigenvalue weighted by molar-refractivity contribution is 0.823. The molecule has 0 aliphatic heterocycles. The van der Waals surface area contributed by atoms with Gasteiger partial charge in [0.2, 0.25) is 0 Å². The van der Waals surface area contributed by atoms with Crippen LogP contribution < -0.4 is 0 Å². The van der Waals surface area contributed by atoms with E-state index in [2.05, 4.69) is 75.8 Å². The Morgan fingerprint density at radius 3 is 1.15 bits per heavy atom. The summed E-state index contributed by atoms with van der Waals surface area (Å²) in [6, 6.07) is 20.6. The second-order valence-corrected chi connectivity index (χ2v) is 7.41. The predicted molar refractivity (Wildman–Crippen MR) is 151 cm³/mol. The van der Waals surface area contributed by atoms with Crippen LogP contribution in [0, 0.1) is 0 Å². The molecule has 0 radical (unpaired) electrons. The minimum atomic E-state index is 0.547. The van der Waals surface area contributed by atoms with Crippen LogP contribution in [0.1, 0.15) is 118 Å². The van der Waals surface area contributed by atoms with Crippen molar-refractivity contribution in [2.75, 3.05) is 0 Å². The smallest absolute Gasteiger partial charge is 0.0428 e. The molecule has 0 aliphatic carbocycles. The van der Waals surface area contributed by atoms with Crippen molar-refractivity contribution in [1.82, 2.24) is 9.97 Å². The first-order chi connectivity index (χ1) is 15.9. The van der Waals surface area contributed by atoms with Crippen molar-refractivity contribution in [3.8, 4) is 0 Å². The fraction of sp³-hybridized carbons (Fsp3) is 0.484. The lowest BCUT2D eigenvalue weighted by Crippen LogP contribution is -1.88. The van der Waals surface area contributed by atoms with Gasteiger partial charge in [-0.15, -0.1) is 0 Å². The Morgan fingerprint density at radius 2 is 0.879 bits per heavy atom. The summed E-state index contributed by atoms with van der Waals surface area (Å²) < 4.78 is 0. The number of benzene rings is 1. The Labute approximate surface area is 206 Å². The molecular formula is C31H52N2. The van der Waals surface area contributed by atoms with Crippen molar-refractivity contribution in [3.63, 3.8) is 0 Å². The van der Waals surface area contributed by atoms with Crippen LogP contribution in [0.4, 0.5) is 0 Å². The van der Waals surface area contributed by atoms with Gasteiger partial charge in [0, 0.05) is 24.3 Å². The van der Waals surface area contributed by atoms with Gasteiger partial charge in [-0.2, -0.15) is 0 Å². The third kappa shape index (κ3) is 19.9. The van der Waals surface area contributed by atoms with E-state index in [9.17, 15) is 0 Å².